The van der Waals surface area contributed by atoms with E-state index in [9.17, 15) is 9.59 Å². The predicted octanol–water partition coefficient (Wildman–Crippen LogP) is 2.81. The first-order valence-electron chi connectivity index (χ1n) is 8.49. The van der Waals surface area contributed by atoms with E-state index in [1.165, 1.54) is 12.0 Å². The Morgan fingerprint density at radius 3 is 2.30 bits per heavy atom. The van der Waals surface area contributed by atoms with Crippen molar-refractivity contribution in [1.82, 2.24) is 4.90 Å². The number of benzene rings is 2. The summed E-state index contributed by atoms with van der Waals surface area (Å²) in [7, 11) is 4.82. The van der Waals surface area contributed by atoms with Gasteiger partial charge in [0.05, 0.1) is 13.7 Å². The summed E-state index contributed by atoms with van der Waals surface area (Å²) in [6.45, 7) is 2.30. The highest BCUT2D eigenvalue weighted by atomic mass is 16.5. The minimum atomic E-state index is -0.311. The van der Waals surface area contributed by atoms with Crippen molar-refractivity contribution in [3.8, 4) is 17.2 Å². The maximum atomic E-state index is 12.1. The van der Waals surface area contributed by atoms with Gasteiger partial charge in [-0.05, 0) is 49.4 Å². The Labute approximate surface area is 158 Å². The quantitative estimate of drug-likeness (QED) is 0.771. The minimum Gasteiger partial charge on any atom is -0.494 e. The molecule has 7 heteroatoms. The van der Waals surface area contributed by atoms with Crippen LogP contribution in [0, 0.1) is 0 Å². The van der Waals surface area contributed by atoms with Gasteiger partial charge in [-0.25, -0.2) is 0 Å². The molecule has 1 N–H and O–H groups in total. The molecule has 0 aliphatic rings. The summed E-state index contributed by atoms with van der Waals surface area (Å²) >= 11 is 0. The van der Waals surface area contributed by atoms with Gasteiger partial charge in [0.15, 0.2) is 18.1 Å². The Hall–Kier alpha value is -3.22. The number of carbonyl (C=O) groups is 2. The fourth-order valence-electron chi connectivity index (χ4n) is 2.32. The van der Waals surface area contributed by atoms with Crippen molar-refractivity contribution < 1.29 is 23.8 Å². The zero-order chi connectivity index (χ0) is 19.8. The second-order valence-corrected chi connectivity index (χ2v) is 5.86. The van der Waals surface area contributed by atoms with Crippen LogP contribution in [0.2, 0.25) is 0 Å². The SMILES string of the molecule is CCOc1ccc(NC(=O)COc2ccc(C(=O)N(C)C)cc2OC)cc1. The van der Waals surface area contributed by atoms with Crippen molar-refractivity contribution in [2.24, 2.45) is 0 Å². The van der Waals surface area contributed by atoms with Gasteiger partial charge < -0.3 is 24.4 Å². The van der Waals surface area contributed by atoms with Crippen LogP contribution in [0.5, 0.6) is 17.2 Å². The van der Waals surface area contributed by atoms with E-state index in [1.54, 1.807) is 56.6 Å². The number of anilines is 1. The number of carbonyl (C=O) groups excluding carboxylic acids is 2. The summed E-state index contributed by atoms with van der Waals surface area (Å²) in [5.41, 5.74) is 1.12. The van der Waals surface area contributed by atoms with E-state index in [4.69, 9.17) is 14.2 Å². The van der Waals surface area contributed by atoms with E-state index in [2.05, 4.69) is 5.32 Å². The highest BCUT2D eigenvalue weighted by Crippen LogP contribution is 2.28. The molecule has 0 atom stereocenters. The van der Waals surface area contributed by atoms with E-state index in [1.807, 2.05) is 6.92 Å². The van der Waals surface area contributed by atoms with E-state index < -0.39 is 0 Å². The largest absolute Gasteiger partial charge is 0.494 e. The first-order chi connectivity index (χ1) is 12.9. The second kappa shape index (κ2) is 9.47. The summed E-state index contributed by atoms with van der Waals surface area (Å²) < 4.78 is 16.2. The molecule has 0 aliphatic heterocycles. The molecule has 2 aromatic rings. The standard InChI is InChI=1S/C20H24N2O5/c1-5-26-16-9-7-15(8-10-16)21-19(23)13-27-17-11-6-14(12-18(17)25-4)20(24)22(2)3/h6-12H,5,13H2,1-4H3,(H,21,23). The van der Waals surface area contributed by atoms with Crippen LogP contribution in [0.4, 0.5) is 5.69 Å². The summed E-state index contributed by atoms with van der Waals surface area (Å²) in [5.74, 6) is 1.05. The third-order valence-corrected chi connectivity index (χ3v) is 3.62. The lowest BCUT2D eigenvalue weighted by molar-refractivity contribution is -0.118. The van der Waals surface area contributed by atoms with Crippen LogP contribution < -0.4 is 19.5 Å². The highest BCUT2D eigenvalue weighted by Gasteiger charge is 2.13. The minimum absolute atomic E-state index is 0.145. The van der Waals surface area contributed by atoms with E-state index in [0.29, 0.717) is 29.4 Å². The number of amides is 2. The number of rotatable bonds is 8. The maximum absolute atomic E-state index is 12.1. The average molecular weight is 372 g/mol. The van der Waals surface area contributed by atoms with E-state index >= 15 is 0 Å². The molecule has 0 saturated carbocycles. The number of ether oxygens (including phenoxy) is 3. The molecule has 0 unspecified atom stereocenters. The second-order valence-electron chi connectivity index (χ2n) is 5.86. The van der Waals surface area contributed by atoms with Crippen molar-refractivity contribution in [3.05, 3.63) is 48.0 Å². The fourth-order valence-corrected chi connectivity index (χ4v) is 2.32. The van der Waals surface area contributed by atoms with Gasteiger partial charge in [-0.2, -0.15) is 0 Å². The number of nitrogens with zero attached hydrogens (tertiary/aromatic N) is 1. The Kier molecular flexibility index (Phi) is 7.05. The van der Waals surface area contributed by atoms with E-state index in [0.717, 1.165) is 5.75 Å². The number of hydrogen-bond donors (Lipinski definition) is 1. The third kappa shape index (κ3) is 5.64. The van der Waals surface area contributed by atoms with Gasteiger partial charge in [0, 0.05) is 25.3 Å². The van der Waals surface area contributed by atoms with Gasteiger partial charge in [-0.3, -0.25) is 9.59 Å². The number of methoxy groups -OCH3 is 1. The van der Waals surface area contributed by atoms with Gasteiger partial charge in [0.1, 0.15) is 5.75 Å². The van der Waals surface area contributed by atoms with Crippen LogP contribution in [0.15, 0.2) is 42.5 Å². The van der Waals surface area contributed by atoms with Crippen molar-refractivity contribution in [2.45, 2.75) is 6.92 Å². The molecule has 0 saturated heterocycles. The monoisotopic (exact) mass is 372 g/mol. The Bertz CT molecular complexity index is 787. The molecule has 7 nitrogen and oxygen atoms in total. The normalized spacial score (nSPS) is 10.1. The van der Waals surface area contributed by atoms with Crippen molar-refractivity contribution in [2.75, 3.05) is 39.7 Å². The summed E-state index contributed by atoms with van der Waals surface area (Å²) in [5, 5.41) is 2.74. The molecule has 0 fully saturated rings. The molecule has 0 aliphatic carbocycles. The molecular weight excluding hydrogens is 348 g/mol. The first kappa shape index (κ1) is 20.1. The molecule has 0 heterocycles. The van der Waals surface area contributed by atoms with Gasteiger partial charge in [0.2, 0.25) is 0 Å². The maximum Gasteiger partial charge on any atom is 0.262 e. The van der Waals surface area contributed by atoms with Crippen molar-refractivity contribution in [1.29, 1.82) is 0 Å². The highest BCUT2D eigenvalue weighted by molar-refractivity contribution is 5.94. The van der Waals surface area contributed by atoms with Crippen molar-refractivity contribution >= 4 is 17.5 Å². The Balaban J connectivity index is 1.96. The molecule has 0 spiro atoms. The van der Waals surface area contributed by atoms with E-state index in [-0.39, 0.29) is 18.4 Å². The van der Waals surface area contributed by atoms with Crippen LogP contribution in [0.3, 0.4) is 0 Å². The van der Waals surface area contributed by atoms with Gasteiger partial charge in [-0.15, -0.1) is 0 Å². The predicted molar refractivity (Wildman–Crippen MR) is 103 cm³/mol. The molecule has 2 rings (SSSR count). The molecule has 2 aromatic carbocycles. The summed E-state index contributed by atoms with van der Waals surface area (Å²) in [4.78, 5) is 25.6. The molecule has 27 heavy (non-hydrogen) atoms. The van der Waals surface area contributed by atoms with Gasteiger partial charge in [0.25, 0.3) is 11.8 Å². The topological polar surface area (TPSA) is 77.1 Å². The smallest absolute Gasteiger partial charge is 0.262 e. The lowest BCUT2D eigenvalue weighted by atomic mass is 10.2. The van der Waals surface area contributed by atoms with Crippen LogP contribution >= 0.6 is 0 Å². The average Bonchev–Trinajstić information content (AvgIpc) is 2.67. The zero-order valence-corrected chi connectivity index (χ0v) is 15.9. The Morgan fingerprint density at radius 1 is 1.00 bits per heavy atom. The summed E-state index contributed by atoms with van der Waals surface area (Å²) in [6.07, 6.45) is 0. The number of nitrogens with one attached hydrogen (secondary N) is 1. The van der Waals surface area contributed by atoms with Crippen molar-refractivity contribution in [3.63, 3.8) is 0 Å². The molecule has 0 aromatic heterocycles. The zero-order valence-electron chi connectivity index (χ0n) is 15.9. The van der Waals surface area contributed by atoms with Gasteiger partial charge in [-0.1, -0.05) is 0 Å². The molecule has 0 bridgehead atoms. The summed E-state index contributed by atoms with van der Waals surface area (Å²) in [6, 6.07) is 11.9. The molecule has 144 valence electrons. The van der Waals surface area contributed by atoms with Crippen LogP contribution in [0.1, 0.15) is 17.3 Å². The van der Waals surface area contributed by atoms with Crippen LogP contribution in [-0.4, -0.2) is 51.1 Å². The third-order valence-electron chi connectivity index (χ3n) is 3.62. The lowest BCUT2D eigenvalue weighted by Crippen LogP contribution is -2.22. The van der Waals surface area contributed by atoms with Crippen LogP contribution in [-0.2, 0) is 4.79 Å². The first-order valence-corrected chi connectivity index (χ1v) is 8.49. The number of hydrogen-bond acceptors (Lipinski definition) is 5. The lowest BCUT2D eigenvalue weighted by Gasteiger charge is -2.14. The molecular formula is C20H24N2O5. The molecule has 0 radical (unpaired) electrons. The fraction of sp³-hybridized carbons (Fsp3) is 0.300. The van der Waals surface area contributed by atoms with Gasteiger partial charge >= 0.3 is 0 Å². The molecule has 2 amide bonds. The van der Waals surface area contributed by atoms with Crippen LogP contribution in [0.25, 0.3) is 0 Å². The Morgan fingerprint density at radius 2 is 1.70 bits per heavy atom.